The summed E-state index contributed by atoms with van der Waals surface area (Å²) in [6.07, 6.45) is 1.09. The predicted octanol–water partition coefficient (Wildman–Crippen LogP) is 4.43. The van der Waals surface area contributed by atoms with Gasteiger partial charge < -0.3 is 10.1 Å². The standard InChI is InChI=1S/C19H18BrN3O4S3/c1-27-12-4-6-13(7-5-12)30(25,26)23-10-2-3-15(23)18(24)22-19-21-14(11-28-19)16-8-9-17(20)29-16/h4-9,11,15H,2-3,10H2,1H3,(H,21,22,24). The van der Waals surface area contributed by atoms with Crippen LogP contribution in [0.15, 0.2) is 50.5 Å². The lowest BCUT2D eigenvalue weighted by Gasteiger charge is -2.23. The van der Waals surface area contributed by atoms with Crippen LogP contribution in [0.4, 0.5) is 5.13 Å². The molecule has 4 rings (SSSR count). The molecule has 3 heterocycles. The molecule has 30 heavy (non-hydrogen) atoms. The lowest BCUT2D eigenvalue weighted by atomic mass is 10.2. The summed E-state index contributed by atoms with van der Waals surface area (Å²) >= 11 is 6.30. The van der Waals surface area contributed by atoms with Crippen molar-refractivity contribution in [3.05, 3.63) is 45.6 Å². The number of halogens is 1. The molecular formula is C19H18BrN3O4S3. The topological polar surface area (TPSA) is 88.6 Å². The molecule has 1 aliphatic rings. The third-order valence-electron chi connectivity index (χ3n) is 4.73. The molecule has 1 unspecified atom stereocenters. The summed E-state index contributed by atoms with van der Waals surface area (Å²) in [4.78, 5) is 18.5. The minimum Gasteiger partial charge on any atom is -0.497 e. The summed E-state index contributed by atoms with van der Waals surface area (Å²) in [7, 11) is -2.27. The Morgan fingerprint density at radius 2 is 2.03 bits per heavy atom. The summed E-state index contributed by atoms with van der Waals surface area (Å²) in [6, 6.07) is 9.31. The van der Waals surface area contributed by atoms with Crippen LogP contribution in [0.5, 0.6) is 5.75 Å². The maximum atomic E-state index is 13.1. The number of aromatic nitrogens is 1. The zero-order chi connectivity index (χ0) is 21.3. The van der Waals surface area contributed by atoms with E-state index in [1.165, 1.54) is 34.9 Å². The second kappa shape index (κ2) is 8.75. The van der Waals surface area contributed by atoms with Crippen LogP contribution in [0.2, 0.25) is 0 Å². The lowest BCUT2D eigenvalue weighted by molar-refractivity contribution is -0.119. The first kappa shape index (κ1) is 21.4. The van der Waals surface area contributed by atoms with Crippen LogP contribution in [0, 0.1) is 0 Å². The van der Waals surface area contributed by atoms with Crippen LogP contribution in [0.25, 0.3) is 10.6 Å². The number of rotatable bonds is 6. The number of benzene rings is 1. The van der Waals surface area contributed by atoms with E-state index in [4.69, 9.17) is 4.74 Å². The first-order valence-electron chi connectivity index (χ1n) is 9.06. The molecule has 1 aliphatic heterocycles. The van der Waals surface area contributed by atoms with Crippen LogP contribution in [-0.2, 0) is 14.8 Å². The summed E-state index contributed by atoms with van der Waals surface area (Å²) in [5.41, 5.74) is 0.778. The van der Waals surface area contributed by atoms with E-state index >= 15 is 0 Å². The molecule has 0 spiro atoms. The van der Waals surface area contributed by atoms with Crippen molar-refractivity contribution >= 4 is 59.7 Å². The van der Waals surface area contributed by atoms with Crippen LogP contribution in [0.1, 0.15) is 12.8 Å². The Balaban J connectivity index is 1.50. The fourth-order valence-corrected chi connectivity index (χ4v) is 7.05. The number of nitrogens with zero attached hydrogens (tertiary/aromatic N) is 2. The number of nitrogens with one attached hydrogen (secondary N) is 1. The van der Waals surface area contributed by atoms with Gasteiger partial charge in [-0.3, -0.25) is 4.79 Å². The van der Waals surface area contributed by atoms with Gasteiger partial charge in [-0.05, 0) is 65.2 Å². The largest absolute Gasteiger partial charge is 0.497 e. The number of amides is 1. The average molecular weight is 528 g/mol. The minimum absolute atomic E-state index is 0.141. The van der Waals surface area contributed by atoms with Crippen LogP contribution >= 0.6 is 38.6 Å². The van der Waals surface area contributed by atoms with Gasteiger partial charge in [-0.1, -0.05) is 0 Å². The van der Waals surface area contributed by atoms with Crippen molar-refractivity contribution in [1.82, 2.24) is 9.29 Å². The number of hydrogen-bond donors (Lipinski definition) is 1. The second-order valence-corrected chi connectivity index (χ2v) is 11.8. The molecule has 1 N–H and O–H groups in total. The number of thiophene rings is 1. The Labute approximate surface area is 190 Å². The molecule has 0 aliphatic carbocycles. The number of hydrogen-bond acceptors (Lipinski definition) is 7. The third kappa shape index (κ3) is 4.30. The number of carbonyl (C=O) groups is 1. The summed E-state index contributed by atoms with van der Waals surface area (Å²) in [5.74, 6) is 0.208. The monoisotopic (exact) mass is 527 g/mol. The molecule has 1 atom stereocenters. The van der Waals surface area contributed by atoms with Crippen molar-refractivity contribution in [2.75, 3.05) is 19.0 Å². The number of methoxy groups -OCH3 is 1. The van der Waals surface area contributed by atoms with Crippen molar-refractivity contribution in [3.8, 4) is 16.3 Å². The van der Waals surface area contributed by atoms with E-state index in [-0.39, 0.29) is 10.8 Å². The highest BCUT2D eigenvalue weighted by molar-refractivity contribution is 9.11. The highest BCUT2D eigenvalue weighted by Crippen LogP contribution is 2.34. The van der Waals surface area contributed by atoms with Crippen molar-refractivity contribution in [1.29, 1.82) is 0 Å². The van der Waals surface area contributed by atoms with Gasteiger partial charge in [0.1, 0.15) is 11.8 Å². The Kier molecular flexibility index (Phi) is 6.26. The van der Waals surface area contributed by atoms with Gasteiger partial charge >= 0.3 is 0 Å². The number of carbonyl (C=O) groups excluding carboxylic acids is 1. The molecule has 1 aromatic carbocycles. The fraction of sp³-hybridized carbons (Fsp3) is 0.263. The Hall–Kier alpha value is -1.79. The van der Waals surface area contributed by atoms with Gasteiger partial charge in [0.05, 0.1) is 26.4 Å². The Bertz CT molecular complexity index is 1160. The molecule has 1 amide bonds. The molecule has 7 nitrogen and oxygen atoms in total. The molecular weight excluding hydrogens is 510 g/mol. The zero-order valence-electron chi connectivity index (χ0n) is 15.9. The SMILES string of the molecule is COc1ccc(S(=O)(=O)N2CCCC2C(=O)Nc2nc(-c3ccc(Br)s3)cs2)cc1. The molecule has 1 fully saturated rings. The fourth-order valence-electron chi connectivity index (χ4n) is 3.26. The molecule has 11 heteroatoms. The average Bonchev–Trinajstić information content (AvgIpc) is 3.48. The maximum Gasteiger partial charge on any atom is 0.244 e. The predicted molar refractivity (Wildman–Crippen MR) is 122 cm³/mol. The van der Waals surface area contributed by atoms with Gasteiger partial charge in [0.15, 0.2) is 5.13 Å². The smallest absolute Gasteiger partial charge is 0.244 e. The van der Waals surface area contributed by atoms with E-state index in [2.05, 4.69) is 26.2 Å². The summed E-state index contributed by atoms with van der Waals surface area (Å²) < 4.78 is 33.5. The number of thiazole rings is 1. The first-order chi connectivity index (χ1) is 14.4. The van der Waals surface area contributed by atoms with Crippen molar-refractivity contribution < 1.29 is 17.9 Å². The van der Waals surface area contributed by atoms with Gasteiger partial charge in [0.2, 0.25) is 15.9 Å². The van der Waals surface area contributed by atoms with E-state index in [0.29, 0.717) is 30.3 Å². The van der Waals surface area contributed by atoms with Crippen molar-refractivity contribution in [2.24, 2.45) is 0 Å². The second-order valence-electron chi connectivity index (χ2n) is 6.58. The number of anilines is 1. The Morgan fingerprint density at radius 1 is 1.27 bits per heavy atom. The molecule has 2 aromatic heterocycles. The van der Waals surface area contributed by atoms with Crippen LogP contribution < -0.4 is 10.1 Å². The minimum atomic E-state index is -3.79. The highest BCUT2D eigenvalue weighted by atomic mass is 79.9. The third-order valence-corrected chi connectivity index (χ3v) is 9.06. The molecule has 1 saturated heterocycles. The van der Waals surface area contributed by atoms with E-state index in [1.54, 1.807) is 23.5 Å². The van der Waals surface area contributed by atoms with Gasteiger partial charge in [0, 0.05) is 11.9 Å². The van der Waals surface area contributed by atoms with Crippen LogP contribution in [-0.4, -0.2) is 43.3 Å². The molecule has 158 valence electrons. The number of sulfonamides is 1. The molecule has 0 bridgehead atoms. The quantitative estimate of drug-likeness (QED) is 0.512. The molecule has 0 radical (unpaired) electrons. The van der Waals surface area contributed by atoms with Crippen molar-refractivity contribution in [3.63, 3.8) is 0 Å². The van der Waals surface area contributed by atoms with Gasteiger partial charge in [0.25, 0.3) is 0 Å². The summed E-state index contributed by atoms with van der Waals surface area (Å²) in [5, 5.41) is 5.11. The van der Waals surface area contributed by atoms with E-state index in [1.807, 2.05) is 17.5 Å². The van der Waals surface area contributed by atoms with E-state index < -0.39 is 16.1 Å². The molecule has 3 aromatic rings. The first-order valence-corrected chi connectivity index (χ1v) is 13.0. The lowest BCUT2D eigenvalue weighted by Crippen LogP contribution is -2.43. The van der Waals surface area contributed by atoms with Gasteiger partial charge in [-0.15, -0.1) is 22.7 Å². The summed E-state index contributed by atoms with van der Waals surface area (Å²) in [6.45, 7) is 0.304. The normalized spacial score (nSPS) is 17.2. The van der Waals surface area contributed by atoms with E-state index in [9.17, 15) is 13.2 Å². The van der Waals surface area contributed by atoms with Gasteiger partial charge in [-0.25, -0.2) is 13.4 Å². The van der Waals surface area contributed by atoms with Crippen LogP contribution in [0.3, 0.4) is 0 Å². The Morgan fingerprint density at radius 3 is 2.70 bits per heavy atom. The van der Waals surface area contributed by atoms with Crippen molar-refractivity contribution in [2.45, 2.75) is 23.8 Å². The maximum absolute atomic E-state index is 13.1. The van der Waals surface area contributed by atoms with Gasteiger partial charge in [-0.2, -0.15) is 4.31 Å². The van der Waals surface area contributed by atoms with E-state index in [0.717, 1.165) is 14.4 Å². The zero-order valence-corrected chi connectivity index (χ0v) is 19.9. The number of ether oxygens (including phenoxy) is 1. The molecule has 0 saturated carbocycles. The highest BCUT2D eigenvalue weighted by Gasteiger charge is 2.39.